The van der Waals surface area contributed by atoms with Gasteiger partial charge in [-0.3, -0.25) is 0 Å². The summed E-state index contributed by atoms with van der Waals surface area (Å²) in [7, 11) is 0. The largest absolute Gasteiger partial charge is 0.416 e. The number of benzene rings is 2. The molecule has 1 atom stereocenters. The monoisotopic (exact) mass is 358 g/mol. The molecule has 0 aliphatic heterocycles. The number of aryl methyl sites for hydroxylation is 1. The van der Waals surface area contributed by atoms with Crippen LogP contribution in [0.4, 0.5) is 13.2 Å². The molecule has 0 radical (unpaired) electrons. The van der Waals surface area contributed by atoms with Crippen LogP contribution in [0.3, 0.4) is 0 Å². The van der Waals surface area contributed by atoms with Gasteiger partial charge in [-0.15, -0.1) is 0 Å². The number of alkyl halides is 3. The fourth-order valence-corrected chi connectivity index (χ4v) is 2.66. The molecule has 21 heavy (non-hydrogen) atoms. The Labute approximate surface area is 129 Å². The second-order valence-corrected chi connectivity index (χ2v) is 5.80. The molecule has 0 heterocycles. The SMILES string of the molecule is Cc1cccc(CC(O)c2cc(C(F)(F)F)ccc2Br)c1. The molecule has 0 bridgehead atoms. The summed E-state index contributed by atoms with van der Waals surface area (Å²) in [6.45, 7) is 1.93. The van der Waals surface area contributed by atoms with Crippen LogP contribution in [0, 0.1) is 6.92 Å². The summed E-state index contributed by atoms with van der Waals surface area (Å²) >= 11 is 3.20. The number of aliphatic hydroxyl groups excluding tert-OH is 1. The lowest BCUT2D eigenvalue weighted by Crippen LogP contribution is -2.09. The molecule has 2 aromatic rings. The molecule has 1 N–H and O–H groups in total. The van der Waals surface area contributed by atoms with Crippen LogP contribution < -0.4 is 0 Å². The third kappa shape index (κ3) is 4.08. The first-order chi connectivity index (χ1) is 9.77. The van der Waals surface area contributed by atoms with E-state index in [9.17, 15) is 18.3 Å². The van der Waals surface area contributed by atoms with Crippen LogP contribution in [0.2, 0.25) is 0 Å². The molecule has 112 valence electrons. The smallest absolute Gasteiger partial charge is 0.388 e. The standard InChI is InChI=1S/C16H14BrF3O/c1-10-3-2-4-11(7-10)8-15(21)13-9-12(16(18,19)20)5-6-14(13)17/h2-7,9,15,21H,8H2,1H3. The van der Waals surface area contributed by atoms with E-state index in [1.54, 1.807) is 0 Å². The molecule has 0 spiro atoms. The normalized spacial score (nSPS) is 13.2. The van der Waals surface area contributed by atoms with E-state index < -0.39 is 17.8 Å². The maximum atomic E-state index is 12.7. The van der Waals surface area contributed by atoms with Crippen LogP contribution in [0.15, 0.2) is 46.9 Å². The Hall–Kier alpha value is -1.33. The molecule has 0 amide bonds. The maximum absolute atomic E-state index is 12.7. The van der Waals surface area contributed by atoms with Crippen molar-refractivity contribution in [2.24, 2.45) is 0 Å². The van der Waals surface area contributed by atoms with Crippen molar-refractivity contribution in [1.29, 1.82) is 0 Å². The summed E-state index contributed by atoms with van der Waals surface area (Å²) in [5, 5.41) is 10.2. The first-order valence-corrected chi connectivity index (χ1v) is 7.17. The van der Waals surface area contributed by atoms with E-state index >= 15 is 0 Å². The van der Waals surface area contributed by atoms with Gasteiger partial charge >= 0.3 is 6.18 Å². The van der Waals surface area contributed by atoms with E-state index in [0.717, 1.165) is 23.3 Å². The van der Waals surface area contributed by atoms with E-state index in [2.05, 4.69) is 15.9 Å². The van der Waals surface area contributed by atoms with Crippen LogP contribution in [0.25, 0.3) is 0 Å². The fourth-order valence-electron chi connectivity index (χ4n) is 2.15. The number of aliphatic hydroxyl groups is 1. The molecule has 2 rings (SSSR count). The van der Waals surface area contributed by atoms with Crippen molar-refractivity contribution >= 4 is 15.9 Å². The summed E-state index contributed by atoms with van der Waals surface area (Å²) in [6.07, 6.45) is -5.15. The lowest BCUT2D eigenvalue weighted by molar-refractivity contribution is -0.137. The predicted molar refractivity (Wildman–Crippen MR) is 79.0 cm³/mol. The van der Waals surface area contributed by atoms with E-state index in [1.807, 2.05) is 31.2 Å². The van der Waals surface area contributed by atoms with Crippen molar-refractivity contribution < 1.29 is 18.3 Å². The van der Waals surface area contributed by atoms with E-state index in [1.165, 1.54) is 6.07 Å². The van der Waals surface area contributed by atoms with Gasteiger partial charge in [-0.2, -0.15) is 13.2 Å². The molecule has 0 aliphatic carbocycles. The number of rotatable bonds is 3. The highest BCUT2D eigenvalue weighted by molar-refractivity contribution is 9.10. The highest BCUT2D eigenvalue weighted by atomic mass is 79.9. The summed E-state index contributed by atoms with van der Waals surface area (Å²) in [5.41, 5.74) is 1.41. The maximum Gasteiger partial charge on any atom is 0.416 e. The zero-order valence-electron chi connectivity index (χ0n) is 11.3. The highest BCUT2D eigenvalue weighted by Gasteiger charge is 2.31. The molecular formula is C16H14BrF3O. The Bertz CT molecular complexity index is 638. The topological polar surface area (TPSA) is 20.2 Å². The first-order valence-electron chi connectivity index (χ1n) is 6.37. The molecule has 1 nitrogen and oxygen atoms in total. The van der Waals surface area contributed by atoms with E-state index in [-0.39, 0.29) is 12.0 Å². The summed E-state index contributed by atoms with van der Waals surface area (Å²) < 4.78 is 38.7. The van der Waals surface area contributed by atoms with Crippen LogP contribution >= 0.6 is 15.9 Å². The van der Waals surface area contributed by atoms with Crippen LogP contribution in [0.1, 0.15) is 28.4 Å². The molecule has 0 fully saturated rings. The van der Waals surface area contributed by atoms with E-state index in [4.69, 9.17) is 0 Å². The average Bonchev–Trinajstić information content (AvgIpc) is 2.37. The zero-order valence-corrected chi connectivity index (χ0v) is 12.9. The first kappa shape index (κ1) is 16.0. The molecule has 0 aliphatic rings. The quantitative estimate of drug-likeness (QED) is 0.813. The Morgan fingerprint density at radius 1 is 1.14 bits per heavy atom. The highest BCUT2D eigenvalue weighted by Crippen LogP contribution is 2.34. The summed E-state index contributed by atoms with van der Waals surface area (Å²) in [6, 6.07) is 10.8. The Morgan fingerprint density at radius 3 is 2.48 bits per heavy atom. The molecule has 2 aromatic carbocycles. The Morgan fingerprint density at radius 2 is 1.86 bits per heavy atom. The van der Waals surface area contributed by atoms with Gasteiger partial charge in [-0.05, 0) is 36.2 Å². The second kappa shape index (κ2) is 6.20. The molecule has 0 aromatic heterocycles. The number of halogens is 4. The van der Waals surface area contributed by atoms with Crippen molar-refractivity contribution in [2.75, 3.05) is 0 Å². The molecular weight excluding hydrogens is 345 g/mol. The minimum Gasteiger partial charge on any atom is -0.388 e. The van der Waals surface area contributed by atoms with Gasteiger partial charge in [0.05, 0.1) is 11.7 Å². The summed E-state index contributed by atoms with van der Waals surface area (Å²) in [4.78, 5) is 0. The van der Waals surface area contributed by atoms with Crippen molar-refractivity contribution in [3.63, 3.8) is 0 Å². The fraction of sp³-hybridized carbons (Fsp3) is 0.250. The van der Waals surface area contributed by atoms with Crippen LogP contribution in [-0.2, 0) is 12.6 Å². The summed E-state index contributed by atoms with van der Waals surface area (Å²) in [5.74, 6) is 0. The minimum absolute atomic E-state index is 0.242. The van der Waals surface area contributed by atoms with E-state index in [0.29, 0.717) is 4.47 Å². The van der Waals surface area contributed by atoms with Crippen molar-refractivity contribution in [3.05, 3.63) is 69.2 Å². The van der Waals surface area contributed by atoms with Gasteiger partial charge in [0, 0.05) is 10.9 Å². The average molecular weight is 359 g/mol. The third-order valence-electron chi connectivity index (χ3n) is 3.19. The Balaban J connectivity index is 2.28. The van der Waals surface area contributed by atoms with Gasteiger partial charge in [0.1, 0.15) is 0 Å². The van der Waals surface area contributed by atoms with Crippen molar-refractivity contribution in [1.82, 2.24) is 0 Å². The van der Waals surface area contributed by atoms with Gasteiger partial charge in [-0.25, -0.2) is 0 Å². The predicted octanol–water partition coefficient (Wildman–Crippen LogP) is 5.05. The van der Waals surface area contributed by atoms with Crippen LogP contribution in [0.5, 0.6) is 0 Å². The third-order valence-corrected chi connectivity index (χ3v) is 3.92. The lowest BCUT2D eigenvalue weighted by Gasteiger charge is -2.16. The number of hydrogen-bond acceptors (Lipinski definition) is 1. The van der Waals surface area contributed by atoms with Gasteiger partial charge in [-0.1, -0.05) is 45.8 Å². The zero-order chi connectivity index (χ0) is 15.6. The molecule has 0 saturated carbocycles. The molecule has 1 unspecified atom stereocenters. The van der Waals surface area contributed by atoms with Gasteiger partial charge in [0.15, 0.2) is 0 Å². The van der Waals surface area contributed by atoms with Gasteiger partial charge < -0.3 is 5.11 Å². The molecule has 0 saturated heterocycles. The van der Waals surface area contributed by atoms with Gasteiger partial charge in [0.2, 0.25) is 0 Å². The number of hydrogen-bond donors (Lipinski definition) is 1. The van der Waals surface area contributed by atoms with Gasteiger partial charge in [0.25, 0.3) is 0 Å². The van der Waals surface area contributed by atoms with Crippen molar-refractivity contribution in [2.45, 2.75) is 25.6 Å². The Kier molecular flexibility index (Phi) is 4.74. The lowest BCUT2D eigenvalue weighted by atomic mass is 9.99. The second-order valence-electron chi connectivity index (χ2n) is 4.94. The molecule has 5 heteroatoms. The van der Waals surface area contributed by atoms with Crippen molar-refractivity contribution in [3.8, 4) is 0 Å². The van der Waals surface area contributed by atoms with Crippen LogP contribution in [-0.4, -0.2) is 5.11 Å². The minimum atomic E-state index is -4.42.